The monoisotopic (exact) mass is 255 g/mol. The van der Waals surface area contributed by atoms with E-state index < -0.39 is 0 Å². The van der Waals surface area contributed by atoms with Crippen LogP contribution in [0.5, 0.6) is 0 Å². The minimum absolute atomic E-state index is 0.0195. The summed E-state index contributed by atoms with van der Waals surface area (Å²) in [5.74, 6) is 0.135. The molecular formula is C13H21NO4. The van der Waals surface area contributed by atoms with E-state index in [0.717, 1.165) is 58.3 Å². The average molecular weight is 255 g/mol. The van der Waals surface area contributed by atoms with Crippen molar-refractivity contribution >= 4 is 5.91 Å². The first-order chi connectivity index (χ1) is 8.80. The molecular weight excluding hydrogens is 234 g/mol. The van der Waals surface area contributed by atoms with E-state index in [9.17, 15) is 4.79 Å². The summed E-state index contributed by atoms with van der Waals surface area (Å²) in [7, 11) is 0. The van der Waals surface area contributed by atoms with Gasteiger partial charge in [0, 0.05) is 32.2 Å². The minimum atomic E-state index is -0.257. The lowest BCUT2D eigenvalue weighted by Gasteiger charge is -2.24. The Hall–Kier alpha value is -0.650. The largest absolute Gasteiger partial charge is 0.381 e. The highest BCUT2D eigenvalue weighted by atomic mass is 16.8. The van der Waals surface area contributed by atoms with Crippen molar-refractivity contribution in [3.05, 3.63) is 0 Å². The number of rotatable bonds is 3. The van der Waals surface area contributed by atoms with Crippen LogP contribution in [-0.4, -0.2) is 32.0 Å². The van der Waals surface area contributed by atoms with Crippen molar-refractivity contribution < 1.29 is 19.1 Å². The summed E-state index contributed by atoms with van der Waals surface area (Å²) < 4.78 is 10.8. The number of hydrogen-bond donors (Lipinski definition) is 1. The van der Waals surface area contributed by atoms with Crippen molar-refractivity contribution in [2.75, 3.05) is 19.8 Å². The van der Waals surface area contributed by atoms with E-state index in [1.54, 1.807) is 0 Å². The second-order valence-electron chi connectivity index (χ2n) is 5.61. The van der Waals surface area contributed by atoms with Gasteiger partial charge in [0.1, 0.15) is 0 Å². The maximum Gasteiger partial charge on any atom is 0.247 e. The SMILES string of the molecule is O=C(NOC1CCCCO1)C1CC12CCOCC2. The smallest absolute Gasteiger partial charge is 0.247 e. The molecule has 0 bridgehead atoms. The number of carbonyl (C=O) groups excluding carboxylic acids is 1. The first kappa shape index (κ1) is 12.4. The highest BCUT2D eigenvalue weighted by Crippen LogP contribution is 2.59. The Labute approximate surface area is 107 Å². The highest BCUT2D eigenvalue weighted by Gasteiger charge is 2.58. The van der Waals surface area contributed by atoms with Crippen LogP contribution in [0.3, 0.4) is 0 Å². The molecule has 0 aromatic heterocycles. The summed E-state index contributed by atoms with van der Waals surface area (Å²) in [6.07, 6.45) is 5.79. The lowest BCUT2D eigenvalue weighted by Crippen LogP contribution is -2.35. The average Bonchev–Trinajstić information content (AvgIpc) is 3.12. The van der Waals surface area contributed by atoms with Gasteiger partial charge in [-0.05, 0) is 37.5 Å². The summed E-state index contributed by atoms with van der Waals surface area (Å²) in [6, 6.07) is 0. The van der Waals surface area contributed by atoms with E-state index in [-0.39, 0.29) is 23.5 Å². The van der Waals surface area contributed by atoms with Crippen LogP contribution in [-0.2, 0) is 19.1 Å². The Kier molecular flexibility index (Phi) is 3.54. The van der Waals surface area contributed by atoms with Crippen molar-refractivity contribution in [2.24, 2.45) is 11.3 Å². The lowest BCUT2D eigenvalue weighted by molar-refractivity contribution is -0.201. The van der Waals surface area contributed by atoms with E-state index in [2.05, 4.69) is 5.48 Å². The topological polar surface area (TPSA) is 56.8 Å². The van der Waals surface area contributed by atoms with Gasteiger partial charge < -0.3 is 9.47 Å². The van der Waals surface area contributed by atoms with Gasteiger partial charge in [0.15, 0.2) is 6.29 Å². The van der Waals surface area contributed by atoms with Gasteiger partial charge in [0.05, 0.1) is 0 Å². The molecule has 3 fully saturated rings. The Bertz CT molecular complexity index is 308. The number of nitrogens with one attached hydrogen (secondary N) is 1. The number of amides is 1. The lowest BCUT2D eigenvalue weighted by atomic mass is 9.94. The zero-order valence-corrected chi connectivity index (χ0v) is 10.7. The molecule has 2 heterocycles. The molecule has 2 aliphatic heterocycles. The molecule has 102 valence electrons. The fraction of sp³-hybridized carbons (Fsp3) is 0.923. The second-order valence-corrected chi connectivity index (χ2v) is 5.61. The van der Waals surface area contributed by atoms with E-state index >= 15 is 0 Å². The highest BCUT2D eigenvalue weighted by molar-refractivity contribution is 5.81. The normalized spacial score (nSPS) is 34.2. The molecule has 5 nitrogen and oxygen atoms in total. The first-order valence-corrected chi connectivity index (χ1v) is 6.95. The molecule has 0 aromatic carbocycles. The molecule has 0 aromatic rings. The van der Waals surface area contributed by atoms with Crippen LogP contribution in [0.25, 0.3) is 0 Å². The van der Waals surface area contributed by atoms with Gasteiger partial charge in [-0.15, -0.1) is 0 Å². The zero-order valence-electron chi connectivity index (χ0n) is 10.7. The zero-order chi connectivity index (χ0) is 12.4. The van der Waals surface area contributed by atoms with Crippen LogP contribution < -0.4 is 5.48 Å². The molecule has 3 aliphatic rings. The molecule has 1 aliphatic carbocycles. The number of hydrogen-bond acceptors (Lipinski definition) is 4. The van der Waals surface area contributed by atoms with Gasteiger partial charge in [-0.25, -0.2) is 10.3 Å². The molecule has 2 unspecified atom stereocenters. The molecule has 1 amide bonds. The number of carbonyl (C=O) groups is 1. The minimum Gasteiger partial charge on any atom is -0.381 e. The van der Waals surface area contributed by atoms with E-state index in [4.69, 9.17) is 14.3 Å². The number of hydroxylamine groups is 1. The molecule has 1 spiro atoms. The van der Waals surface area contributed by atoms with Gasteiger partial charge in [-0.1, -0.05) is 0 Å². The molecule has 0 radical (unpaired) electrons. The molecule has 2 saturated heterocycles. The van der Waals surface area contributed by atoms with Crippen molar-refractivity contribution in [2.45, 2.75) is 44.8 Å². The first-order valence-electron chi connectivity index (χ1n) is 6.95. The fourth-order valence-corrected chi connectivity index (χ4v) is 3.05. The summed E-state index contributed by atoms with van der Waals surface area (Å²) in [6.45, 7) is 2.30. The molecule has 3 rings (SSSR count). The molecule has 2 atom stereocenters. The summed E-state index contributed by atoms with van der Waals surface area (Å²) >= 11 is 0. The van der Waals surface area contributed by atoms with Gasteiger partial charge in [-0.3, -0.25) is 4.79 Å². The van der Waals surface area contributed by atoms with Crippen LogP contribution >= 0.6 is 0 Å². The Morgan fingerprint density at radius 1 is 1.22 bits per heavy atom. The van der Waals surface area contributed by atoms with Crippen LogP contribution in [0.2, 0.25) is 0 Å². The van der Waals surface area contributed by atoms with Crippen molar-refractivity contribution in [1.29, 1.82) is 0 Å². The molecule has 1 N–H and O–H groups in total. The van der Waals surface area contributed by atoms with Crippen LogP contribution in [0.1, 0.15) is 38.5 Å². The maximum absolute atomic E-state index is 12.0. The third-order valence-electron chi connectivity index (χ3n) is 4.42. The van der Waals surface area contributed by atoms with Crippen LogP contribution in [0, 0.1) is 11.3 Å². The summed E-state index contributed by atoms with van der Waals surface area (Å²) in [5, 5.41) is 0. The van der Waals surface area contributed by atoms with Gasteiger partial charge >= 0.3 is 0 Å². The standard InChI is InChI=1S/C13H21NO4/c15-12(14-18-11-3-1-2-6-17-11)10-9-13(10)4-7-16-8-5-13/h10-11H,1-9H2,(H,14,15). The van der Waals surface area contributed by atoms with Crippen LogP contribution in [0.4, 0.5) is 0 Å². The van der Waals surface area contributed by atoms with Crippen molar-refractivity contribution in [3.63, 3.8) is 0 Å². The Morgan fingerprint density at radius 3 is 2.78 bits per heavy atom. The van der Waals surface area contributed by atoms with Crippen molar-refractivity contribution in [1.82, 2.24) is 5.48 Å². The molecule has 18 heavy (non-hydrogen) atoms. The van der Waals surface area contributed by atoms with Crippen LogP contribution in [0.15, 0.2) is 0 Å². The molecule has 5 heteroatoms. The quantitative estimate of drug-likeness (QED) is 0.774. The van der Waals surface area contributed by atoms with E-state index in [1.165, 1.54) is 0 Å². The Balaban J connectivity index is 1.42. The summed E-state index contributed by atoms with van der Waals surface area (Å²) in [5.41, 5.74) is 2.79. The van der Waals surface area contributed by atoms with Crippen molar-refractivity contribution in [3.8, 4) is 0 Å². The van der Waals surface area contributed by atoms with E-state index in [0.29, 0.717) is 0 Å². The van der Waals surface area contributed by atoms with Gasteiger partial charge in [-0.2, -0.15) is 0 Å². The van der Waals surface area contributed by atoms with E-state index in [1.807, 2.05) is 0 Å². The third kappa shape index (κ3) is 2.53. The number of ether oxygens (including phenoxy) is 2. The third-order valence-corrected chi connectivity index (χ3v) is 4.42. The predicted molar refractivity (Wildman–Crippen MR) is 63.4 cm³/mol. The second kappa shape index (κ2) is 5.15. The van der Waals surface area contributed by atoms with Gasteiger partial charge in [0.25, 0.3) is 0 Å². The predicted octanol–water partition coefficient (Wildman–Crippen LogP) is 1.38. The summed E-state index contributed by atoms with van der Waals surface area (Å²) in [4.78, 5) is 17.3. The molecule has 1 saturated carbocycles. The Morgan fingerprint density at radius 2 is 2.06 bits per heavy atom. The fourth-order valence-electron chi connectivity index (χ4n) is 3.05. The maximum atomic E-state index is 12.0. The van der Waals surface area contributed by atoms with Gasteiger partial charge in [0.2, 0.25) is 5.91 Å².